The highest BCUT2D eigenvalue weighted by atomic mass is 19.4. The monoisotopic (exact) mass is 508 g/mol. The van der Waals surface area contributed by atoms with Gasteiger partial charge in [0, 0.05) is 26.7 Å². The van der Waals surface area contributed by atoms with E-state index >= 15 is 0 Å². The highest BCUT2D eigenvalue weighted by Crippen LogP contribution is 2.27. The maximum atomic E-state index is 13.3. The van der Waals surface area contributed by atoms with Crippen molar-refractivity contribution in [2.75, 3.05) is 26.7 Å². The Balaban J connectivity index is 3.19. The van der Waals surface area contributed by atoms with Crippen LogP contribution in [0, 0.1) is 5.92 Å². The van der Waals surface area contributed by atoms with Crippen LogP contribution in [-0.4, -0.2) is 99.9 Å². The number of nitrogens with one attached hydrogen (secondary N) is 1. The normalized spacial score (nSPS) is 16.0. The zero-order chi connectivity index (χ0) is 27.3. The Morgan fingerprint density at radius 2 is 1.54 bits per heavy atom. The number of aliphatic carboxylic acids is 1. The minimum atomic E-state index is -5.19. The van der Waals surface area contributed by atoms with E-state index in [9.17, 15) is 42.3 Å². The van der Waals surface area contributed by atoms with Crippen LogP contribution in [0.5, 0.6) is 0 Å². The summed E-state index contributed by atoms with van der Waals surface area (Å²) < 4.78 is 39.3. The molecule has 4 amide bonds. The van der Waals surface area contributed by atoms with E-state index in [4.69, 9.17) is 0 Å². The van der Waals surface area contributed by atoms with Crippen molar-refractivity contribution in [3.8, 4) is 0 Å². The van der Waals surface area contributed by atoms with E-state index in [1.807, 2.05) is 0 Å². The number of nitrogens with zero attached hydrogens (tertiary/aromatic N) is 3. The van der Waals surface area contributed by atoms with Gasteiger partial charge in [-0.3, -0.25) is 24.0 Å². The number of hydrogen-bond donors (Lipinski definition) is 2. The summed E-state index contributed by atoms with van der Waals surface area (Å²) in [6.45, 7) is 7.25. The lowest BCUT2D eigenvalue weighted by atomic mass is 9.95. The van der Waals surface area contributed by atoms with Crippen LogP contribution >= 0.6 is 0 Å². The summed E-state index contributed by atoms with van der Waals surface area (Å²) in [6, 6.07) is -2.61. The van der Waals surface area contributed by atoms with Gasteiger partial charge in [-0.2, -0.15) is 13.2 Å². The molecule has 0 aromatic carbocycles. The molecule has 1 rings (SSSR count). The maximum absolute atomic E-state index is 13.3. The first-order valence-corrected chi connectivity index (χ1v) is 11.4. The number of carbonyl (C=O) groups is 5. The van der Waals surface area contributed by atoms with Gasteiger partial charge in [0.2, 0.25) is 17.7 Å². The number of carboxylic acid groups (broad SMARTS) is 1. The average Bonchev–Trinajstić information content (AvgIpc) is 3.25. The fourth-order valence-electron chi connectivity index (χ4n) is 4.33. The number of likely N-dealkylation sites (N-methyl/N-ethyl adjacent to an activating group) is 2. The number of carbonyl (C=O) groups excluding carboxylic acids is 4. The molecule has 2 N–H and O–H groups in total. The van der Waals surface area contributed by atoms with Gasteiger partial charge in [0.05, 0.1) is 6.42 Å². The van der Waals surface area contributed by atoms with E-state index in [0.29, 0.717) is 18.0 Å². The second-order valence-electron chi connectivity index (χ2n) is 9.40. The van der Waals surface area contributed by atoms with Crippen LogP contribution in [-0.2, 0) is 24.0 Å². The minimum Gasteiger partial charge on any atom is -0.481 e. The quantitative estimate of drug-likeness (QED) is 0.457. The number of hydrogen-bond acceptors (Lipinski definition) is 5. The summed E-state index contributed by atoms with van der Waals surface area (Å²) in [5, 5.41) is 11.6. The van der Waals surface area contributed by atoms with Crippen molar-refractivity contribution in [2.24, 2.45) is 5.92 Å². The van der Waals surface area contributed by atoms with Crippen LogP contribution < -0.4 is 5.32 Å². The van der Waals surface area contributed by atoms with Crippen LogP contribution in [0.2, 0.25) is 0 Å². The third kappa shape index (κ3) is 7.31. The van der Waals surface area contributed by atoms with E-state index in [1.54, 1.807) is 13.8 Å². The molecule has 0 aromatic heterocycles. The largest absolute Gasteiger partial charge is 0.481 e. The molecule has 1 fully saturated rings. The minimum absolute atomic E-state index is 0.380. The number of alkyl halides is 3. The molecule has 10 nitrogen and oxygen atoms in total. The first-order valence-electron chi connectivity index (χ1n) is 11.4. The molecule has 1 heterocycles. The Morgan fingerprint density at radius 3 is 1.94 bits per heavy atom. The molecule has 1 unspecified atom stereocenters. The summed E-state index contributed by atoms with van der Waals surface area (Å²) in [5.41, 5.74) is -1.95. The van der Waals surface area contributed by atoms with Crippen molar-refractivity contribution >= 4 is 29.6 Å². The second kappa shape index (κ2) is 11.7. The molecule has 0 spiro atoms. The number of rotatable bonds is 10. The SMILES string of the molecule is CCN(C(=O)C(F)(F)F)C(C)(C)C(=O)N(C)C(C(=O)N[C@@H](CC(=O)O)C(=O)N1CCCC1)C(C)C. The maximum Gasteiger partial charge on any atom is 0.471 e. The Labute approximate surface area is 202 Å². The van der Waals surface area contributed by atoms with Gasteiger partial charge in [-0.25, -0.2) is 0 Å². The second-order valence-corrected chi connectivity index (χ2v) is 9.40. The fourth-order valence-corrected chi connectivity index (χ4v) is 4.33. The number of amides is 4. The number of carboxylic acids is 1. The van der Waals surface area contributed by atoms with Crippen molar-refractivity contribution in [1.82, 2.24) is 20.0 Å². The average molecular weight is 509 g/mol. The van der Waals surface area contributed by atoms with Crippen LogP contribution in [0.3, 0.4) is 0 Å². The number of halogens is 3. The smallest absolute Gasteiger partial charge is 0.471 e. The van der Waals surface area contributed by atoms with Gasteiger partial charge in [-0.05, 0) is 39.5 Å². The molecule has 1 aliphatic rings. The Hall–Kier alpha value is -2.86. The Bertz CT molecular complexity index is 824. The molecule has 1 saturated heterocycles. The summed E-state index contributed by atoms with van der Waals surface area (Å²) in [6.07, 6.45) is -4.35. The molecule has 1 aliphatic heterocycles. The van der Waals surface area contributed by atoms with Gasteiger partial charge in [0.25, 0.3) is 0 Å². The van der Waals surface area contributed by atoms with E-state index in [0.717, 1.165) is 31.6 Å². The molecular weight excluding hydrogens is 473 g/mol. The van der Waals surface area contributed by atoms with E-state index in [2.05, 4.69) is 5.32 Å². The molecule has 35 heavy (non-hydrogen) atoms. The molecule has 2 atom stereocenters. The first-order chi connectivity index (χ1) is 16.0. The summed E-state index contributed by atoms with van der Waals surface area (Å²) >= 11 is 0. The Kier molecular flexibility index (Phi) is 10.1. The van der Waals surface area contributed by atoms with E-state index in [1.165, 1.54) is 18.9 Å². The molecule has 0 aliphatic carbocycles. The van der Waals surface area contributed by atoms with Crippen LogP contribution in [0.1, 0.15) is 53.9 Å². The highest BCUT2D eigenvalue weighted by molar-refractivity contribution is 5.97. The summed E-state index contributed by atoms with van der Waals surface area (Å²) in [7, 11) is 1.22. The molecule has 0 saturated carbocycles. The predicted molar refractivity (Wildman–Crippen MR) is 119 cm³/mol. The van der Waals surface area contributed by atoms with Crippen LogP contribution in [0.4, 0.5) is 13.2 Å². The molecular formula is C22H35F3N4O6. The van der Waals surface area contributed by atoms with Gasteiger partial charge in [0.15, 0.2) is 0 Å². The van der Waals surface area contributed by atoms with Crippen molar-refractivity contribution in [3.63, 3.8) is 0 Å². The topological polar surface area (TPSA) is 127 Å². The summed E-state index contributed by atoms with van der Waals surface area (Å²) in [4.78, 5) is 65.2. The van der Waals surface area contributed by atoms with Crippen molar-refractivity contribution in [2.45, 2.75) is 77.7 Å². The molecule has 0 aromatic rings. The third-order valence-electron chi connectivity index (χ3n) is 6.05. The van der Waals surface area contributed by atoms with Crippen molar-refractivity contribution in [3.05, 3.63) is 0 Å². The zero-order valence-corrected chi connectivity index (χ0v) is 20.9. The highest BCUT2D eigenvalue weighted by Gasteiger charge is 2.50. The molecule has 200 valence electrons. The first kappa shape index (κ1) is 30.2. The number of likely N-dealkylation sites (tertiary alicyclic amines) is 1. The van der Waals surface area contributed by atoms with Gasteiger partial charge in [-0.15, -0.1) is 0 Å². The molecule has 13 heteroatoms. The predicted octanol–water partition coefficient (Wildman–Crippen LogP) is 1.24. The standard InChI is InChI=1S/C22H35F3N4O6/c1-7-29(20(35)22(23,24)25)21(4,5)19(34)27(6)16(13(2)3)17(32)26-14(12-15(30)31)18(33)28-10-8-9-11-28/h13-14,16H,7-12H2,1-6H3,(H,26,32)(H,30,31)/t14-,16?/m0/s1. The van der Waals surface area contributed by atoms with Crippen molar-refractivity contribution in [1.29, 1.82) is 0 Å². The van der Waals surface area contributed by atoms with Crippen LogP contribution in [0.25, 0.3) is 0 Å². The van der Waals surface area contributed by atoms with Gasteiger partial charge >= 0.3 is 18.1 Å². The molecule has 0 radical (unpaired) electrons. The lowest BCUT2D eigenvalue weighted by Gasteiger charge is -2.42. The fraction of sp³-hybridized carbons (Fsp3) is 0.773. The Morgan fingerprint density at radius 1 is 1.03 bits per heavy atom. The van der Waals surface area contributed by atoms with Gasteiger partial charge in [0.1, 0.15) is 17.6 Å². The summed E-state index contributed by atoms with van der Waals surface area (Å²) in [5.74, 6) is -6.35. The third-order valence-corrected chi connectivity index (χ3v) is 6.05. The van der Waals surface area contributed by atoms with Crippen LogP contribution in [0.15, 0.2) is 0 Å². The van der Waals surface area contributed by atoms with Gasteiger partial charge < -0.3 is 25.1 Å². The van der Waals surface area contributed by atoms with Crippen molar-refractivity contribution < 1.29 is 42.3 Å². The lowest BCUT2D eigenvalue weighted by molar-refractivity contribution is -0.192. The zero-order valence-electron chi connectivity index (χ0n) is 20.9. The lowest BCUT2D eigenvalue weighted by Crippen LogP contribution is -2.64. The molecule has 0 bridgehead atoms. The van der Waals surface area contributed by atoms with E-state index < -0.39 is 72.3 Å². The van der Waals surface area contributed by atoms with E-state index in [-0.39, 0.29) is 0 Å². The van der Waals surface area contributed by atoms with Gasteiger partial charge in [-0.1, -0.05) is 13.8 Å².